The van der Waals surface area contributed by atoms with Crippen molar-refractivity contribution in [3.63, 3.8) is 0 Å². The number of anilines is 1. The van der Waals surface area contributed by atoms with Gasteiger partial charge in [0.15, 0.2) is 0 Å². The summed E-state index contributed by atoms with van der Waals surface area (Å²) in [5.41, 5.74) is 2.51. The molecule has 146 valence electrons. The highest BCUT2D eigenvalue weighted by molar-refractivity contribution is 6.34. The standard InChI is InChI=1S/C20H21Cl2N5O/c21-14-7-12(8-15(22)10-14)19(18-3-1-2-6-23-18)26-20(28)25-16-4-5-17-13(9-16)11-24-27-17/h4-5,7-11,18-19,23H,1-3,6H2,(H,24,27)(H2,25,26,28)/t18-,19-/m0/s1. The quantitative estimate of drug-likeness (QED) is 0.488. The Morgan fingerprint density at radius 2 is 1.96 bits per heavy atom. The van der Waals surface area contributed by atoms with Gasteiger partial charge in [0.25, 0.3) is 0 Å². The van der Waals surface area contributed by atoms with Crippen molar-refractivity contribution in [1.82, 2.24) is 20.8 Å². The number of carbonyl (C=O) groups is 1. The van der Waals surface area contributed by atoms with Crippen molar-refractivity contribution in [2.75, 3.05) is 11.9 Å². The number of piperidine rings is 1. The normalized spacial score (nSPS) is 18.0. The number of halogens is 2. The third kappa shape index (κ3) is 4.41. The molecule has 3 aromatic rings. The Labute approximate surface area is 173 Å². The monoisotopic (exact) mass is 417 g/mol. The summed E-state index contributed by atoms with van der Waals surface area (Å²) in [6.45, 7) is 0.927. The molecule has 0 spiro atoms. The van der Waals surface area contributed by atoms with E-state index in [2.05, 4.69) is 26.1 Å². The number of aromatic amines is 1. The third-order valence-electron chi connectivity index (χ3n) is 4.98. The first kappa shape index (κ1) is 19.1. The second-order valence-corrected chi connectivity index (χ2v) is 7.88. The van der Waals surface area contributed by atoms with E-state index in [0.29, 0.717) is 15.7 Å². The molecule has 6 nitrogen and oxygen atoms in total. The Morgan fingerprint density at radius 1 is 1.14 bits per heavy atom. The maximum atomic E-state index is 12.7. The van der Waals surface area contributed by atoms with Crippen LogP contribution in [0.2, 0.25) is 10.0 Å². The van der Waals surface area contributed by atoms with Gasteiger partial charge in [-0.05, 0) is 61.3 Å². The molecule has 8 heteroatoms. The summed E-state index contributed by atoms with van der Waals surface area (Å²) in [6, 6.07) is 10.6. The average molecular weight is 418 g/mol. The molecule has 0 aliphatic carbocycles. The molecule has 4 rings (SSSR count). The molecule has 1 aliphatic heterocycles. The number of urea groups is 1. The van der Waals surface area contributed by atoms with Gasteiger partial charge in [-0.1, -0.05) is 29.6 Å². The van der Waals surface area contributed by atoms with Crippen LogP contribution in [0.1, 0.15) is 30.9 Å². The molecule has 1 saturated heterocycles. The lowest BCUT2D eigenvalue weighted by Crippen LogP contribution is -2.47. The number of amides is 2. The highest BCUT2D eigenvalue weighted by Gasteiger charge is 2.27. The zero-order chi connectivity index (χ0) is 19.5. The Morgan fingerprint density at radius 3 is 2.71 bits per heavy atom. The van der Waals surface area contributed by atoms with Gasteiger partial charge in [-0.15, -0.1) is 0 Å². The molecule has 0 bridgehead atoms. The number of hydrogen-bond acceptors (Lipinski definition) is 3. The third-order valence-corrected chi connectivity index (χ3v) is 5.42. The van der Waals surface area contributed by atoms with Gasteiger partial charge >= 0.3 is 6.03 Å². The average Bonchev–Trinajstić information content (AvgIpc) is 3.14. The highest BCUT2D eigenvalue weighted by Crippen LogP contribution is 2.28. The summed E-state index contributed by atoms with van der Waals surface area (Å²) in [5, 5.41) is 18.4. The van der Waals surface area contributed by atoms with Crippen molar-refractivity contribution in [3.05, 3.63) is 58.2 Å². The molecule has 0 unspecified atom stereocenters. The molecule has 1 aliphatic rings. The van der Waals surface area contributed by atoms with Gasteiger partial charge in [-0.25, -0.2) is 4.79 Å². The molecule has 2 amide bonds. The van der Waals surface area contributed by atoms with Crippen LogP contribution in [0.5, 0.6) is 0 Å². The number of aromatic nitrogens is 2. The van der Waals surface area contributed by atoms with Crippen LogP contribution in [-0.4, -0.2) is 28.8 Å². The van der Waals surface area contributed by atoms with E-state index < -0.39 is 0 Å². The zero-order valence-corrected chi connectivity index (χ0v) is 16.6. The number of nitrogens with one attached hydrogen (secondary N) is 4. The van der Waals surface area contributed by atoms with Gasteiger partial charge in [0.1, 0.15) is 0 Å². The number of H-pyrrole nitrogens is 1. The number of benzene rings is 2. The van der Waals surface area contributed by atoms with Gasteiger partial charge in [0.05, 0.1) is 17.8 Å². The van der Waals surface area contributed by atoms with Gasteiger partial charge in [0, 0.05) is 27.2 Å². The number of nitrogens with zero attached hydrogens (tertiary/aromatic N) is 1. The van der Waals surface area contributed by atoms with E-state index in [1.807, 2.05) is 30.3 Å². The minimum Gasteiger partial charge on any atom is -0.329 e. The van der Waals surface area contributed by atoms with E-state index in [9.17, 15) is 4.79 Å². The first-order valence-electron chi connectivity index (χ1n) is 9.28. The van der Waals surface area contributed by atoms with Gasteiger partial charge < -0.3 is 16.0 Å². The smallest absolute Gasteiger partial charge is 0.319 e. The molecule has 1 fully saturated rings. The number of hydrogen-bond donors (Lipinski definition) is 4. The summed E-state index contributed by atoms with van der Waals surface area (Å²) in [4.78, 5) is 12.7. The molecule has 2 aromatic carbocycles. The van der Waals surface area contributed by atoms with Crippen molar-refractivity contribution < 1.29 is 4.79 Å². The van der Waals surface area contributed by atoms with E-state index >= 15 is 0 Å². The van der Waals surface area contributed by atoms with Crippen LogP contribution in [0.25, 0.3) is 10.9 Å². The van der Waals surface area contributed by atoms with Crippen LogP contribution < -0.4 is 16.0 Å². The largest absolute Gasteiger partial charge is 0.329 e. The topological polar surface area (TPSA) is 81.8 Å². The number of rotatable bonds is 4. The molecular formula is C20H21Cl2N5O. The molecular weight excluding hydrogens is 397 g/mol. The SMILES string of the molecule is O=C(Nc1ccc2[nH]ncc2c1)N[C@@H](c1cc(Cl)cc(Cl)c1)[C@@H]1CCCCN1. The summed E-state index contributed by atoms with van der Waals surface area (Å²) in [5.74, 6) is 0. The first-order valence-corrected chi connectivity index (χ1v) is 10.0. The van der Waals surface area contributed by atoms with E-state index in [1.54, 1.807) is 12.3 Å². The summed E-state index contributed by atoms with van der Waals surface area (Å²) >= 11 is 12.4. The number of fused-ring (bicyclic) bond motifs is 1. The van der Waals surface area contributed by atoms with E-state index in [-0.39, 0.29) is 18.1 Å². The molecule has 28 heavy (non-hydrogen) atoms. The van der Waals surface area contributed by atoms with Crippen molar-refractivity contribution in [2.45, 2.75) is 31.3 Å². The van der Waals surface area contributed by atoms with Crippen LogP contribution >= 0.6 is 23.2 Å². The zero-order valence-electron chi connectivity index (χ0n) is 15.1. The fraction of sp³-hybridized carbons (Fsp3) is 0.300. The maximum Gasteiger partial charge on any atom is 0.319 e. The van der Waals surface area contributed by atoms with Gasteiger partial charge in [-0.3, -0.25) is 5.10 Å². The molecule has 1 aromatic heterocycles. The lowest BCUT2D eigenvalue weighted by Gasteiger charge is -2.32. The van der Waals surface area contributed by atoms with E-state index in [4.69, 9.17) is 23.2 Å². The number of carbonyl (C=O) groups excluding carboxylic acids is 1. The van der Waals surface area contributed by atoms with Crippen LogP contribution in [0.4, 0.5) is 10.5 Å². The van der Waals surface area contributed by atoms with Crippen molar-refractivity contribution in [2.24, 2.45) is 0 Å². The van der Waals surface area contributed by atoms with Gasteiger partial charge in [0.2, 0.25) is 0 Å². The van der Waals surface area contributed by atoms with E-state index in [0.717, 1.165) is 42.3 Å². The summed E-state index contributed by atoms with van der Waals surface area (Å²) in [6.07, 6.45) is 4.94. The highest BCUT2D eigenvalue weighted by atomic mass is 35.5. The second-order valence-electron chi connectivity index (χ2n) is 7.01. The predicted octanol–water partition coefficient (Wildman–Crippen LogP) is 4.87. The minimum absolute atomic E-state index is 0.116. The van der Waals surface area contributed by atoms with Crippen molar-refractivity contribution in [3.8, 4) is 0 Å². The van der Waals surface area contributed by atoms with Crippen LogP contribution in [0.3, 0.4) is 0 Å². The first-order chi connectivity index (χ1) is 13.6. The molecule has 0 saturated carbocycles. The van der Waals surface area contributed by atoms with Crippen LogP contribution in [-0.2, 0) is 0 Å². The second kappa shape index (κ2) is 8.39. The Hall–Kier alpha value is -2.28. The van der Waals surface area contributed by atoms with Crippen molar-refractivity contribution >= 4 is 45.8 Å². The summed E-state index contributed by atoms with van der Waals surface area (Å²) in [7, 11) is 0. The molecule has 0 radical (unpaired) electrons. The maximum absolute atomic E-state index is 12.7. The Balaban J connectivity index is 1.54. The van der Waals surface area contributed by atoms with E-state index in [1.165, 1.54) is 0 Å². The van der Waals surface area contributed by atoms with Crippen molar-refractivity contribution in [1.29, 1.82) is 0 Å². The Bertz CT molecular complexity index is 963. The Kier molecular flexibility index (Phi) is 5.71. The lowest BCUT2D eigenvalue weighted by molar-refractivity contribution is 0.240. The predicted molar refractivity (Wildman–Crippen MR) is 113 cm³/mol. The molecule has 2 heterocycles. The summed E-state index contributed by atoms with van der Waals surface area (Å²) < 4.78 is 0. The molecule has 4 N–H and O–H groups in total. The fourth-order valence-electron chi connectivity index (χ4n) is 3.66. The van der Waals surface area contributed by atoms with Gasteiger partial charge in [-0.2, -0.15) is 5.10 Å². The van der Waals surface area contributed by atoms with Crippen LogP contribution in [0, 0.1) is 0 Å². The minimum atomic E-state index is -0.281. The van der Waals surface area contributed by atoms with Crippen LogP contribution in [0.15, 0.2) is 42.6 Å². The lowest BCUT2D eigenvalue weighted by atomic mass is 9.92. The fourth-order valence-corrected chi connectivity index (χ4v) is 4.21. The molecule has 2 atom stereocenters.